The first-order chi connectivity index (χ1) is 8.83. The summed E-state index contributed by atoms with van der Waals surface area (Å²) in [5, 5.41) is 0. The van der Waals surface area contributed by atoms with E-state index in [1.54, 1.807) is 0 Å². The summed E-state index contributed by atoms with van der Waals surface area (Å²) in [7, 11) is 0. The molecule has 0 aromatic rings. The Morgan fingerprint density at radius 1 is 1.11 bits per heavy atom. The minimum atomic E-state index is 1.21. The lowest BCUT2D eigenvalue weighted by atomic mass is 9.96. The molecule has 1 rings (SSSR count). The van der Waals surface area contributed by atoms with Gasteiger partial charge in [0.2, 0.25) is 0 Å². The van der Waals surface area contributed by atoms with Crippen LogP contribution in [0.3, 0.4) is 0 Å². The van der Waals surface area contributed by atoms with Gasteiger partial charge < -0.3 is 0 Å². The van der Waals surface area contributed by atoms with E-state index in [2.05, 4.69) is 37.1 Å². The van der Waals surface area contributed by atoms with E-state index < -0.39 is 0 Å². The molecule has 0 saturated heterocycles. The van der Waals surface area contributed by atoms with Crippen molar-refractivity contribution in [2.75, 3.05) is 17.3 Å². The van der Waals surface area contributed by atoms with Gasteiger partial charge in [-0.3, -0.25) is 0 Å². The fraction of sp³-hybridized carbons (Fsp3) is 0.750. The van der Waals surface area contributed by atoms with E-state index in [0.717, 1.165) is 0 Å². The van der Waals surface area contributed by atoms with Gasteiger partial charge in [-0.2, -0.15) is 11.8 Å². The van der Waals surface area contributed by atoms with Gasteiger partial charge in [0.15, 0.2) is 0 Å². The molecule has 0 amide bonds. The standard InChI is InChI=1S/C16H26S2/c1-3-4-12-17-13-14-18-15(2)10-11-16-8-6-5-7-9-16/h3-9,12-14H2,1-2H3. The van der Waals surface area contributed by atoms with Gasteiger partial charge in [-0.1, -0.05) is 31.2 Å². The molecule has 1 aliphatic carbocycles. The quantitative estimate of drug-likeness (QED) is 0.427. The van der Waals surface area contributed by atoms with Crippen LogP contribution >= 0.6 is 23.5 Å². The fourth-order valence-electron chi connectivity index (χ4n) is 1.92. The Labute approximate surface area is 121 Å². The molecule has 0 nitrogen and oxygen atoms in total. The molecule has 0 aromatic carbocycles. The normalized spacial score (nSPS) is 15.1. The largest absolute Gasteiger partial charge is 0.161 e. The maximum absolute atomic E-state index is 3.38. The Balaban J connectivity index is 2.22. The molecule has 0 atom stereocenters. The lowest BCUT2D eigenvalue weighted by molar-refractivity contribution is 0.600. The molecular weight excluding hydrogens is 256 g/mol. The van der Waals surface area contributed by atoms with Crippen LogP contribution in [0.1, 0.15) is 58.8 Å². The van der Waals surface area contributed by atoms with E-state index >= 15 is 0 Å². The zero-order valence-corrected chi connectivity index (χ0v) is 13.5. The monoisotopic (exact) mass is 282 g/mol. The van der Waals surface area contributed by atoms with Crippen LogP contribution in [-0.4, -0.2) is 17.3 Å². The molecule has 2 heteroatoms. The SMILES string of the molecule is CCCCSCCSC(C)=C=C=C1CCCCC1. The van der Waals surface area contributed by atoms with Crippen LogP contribution < -0.4 is 0 Å². The van der Waals surface area contributed by atoms with Crippen molar-refractivity contribution in [2.45, 2.75) is 58.8 Å². The first-order valence-corrected chi connectivity index (χ1v) is 9.37. The first-order valence-electron chi connectivity index (χ1n) is 7.23. The van der Waals surface area contributed by atoms with E-state index in [1.165, 1.54) is 72.7 Å². The molecular formula is C16H26S2. The van der Waals surface area contributed by atoms with E-state index in [9.17, 15) is 0 Å². The molecule has 1 saturated carbocycles. The molecule has 1 fully saturated rings. The number of thioether (sulfide) groups is 2. The van der Waals surface area contributed by atoms with Crippen LogP contribution in [0.5, 0.6) is 0 Å². The van der Waals surface area contributed by atoms with Crippen molar-refractivity contribution in [2.24, 2.45) is 0 Å². The topological polar surface area (TPSA) is 0 Å². The molecule has 0 bridgehead atoms. The minimum Gasteiger partial charge on any atom is -0.161 e. The van der Waals surface area contributed by atoms with Gasteiger partial charge in [-0.15, -0.1) is 11.8 Å². The van der Waals surface area contributed by atoms with Crippen LogP contribution in [-0.2, 0) is 0 Å². The van der Waals surface area contributed by atoms with Gasteiger partial charge in [-0.05, 0) is 50.4 Å². The number of unbranched alkanes of at least 4 members (excludes halogenated alkanes) is 1. The summed E-state index contributed by atoms with van der Waals surface area (Å²) < 4.78 is 0. The van der Waals surface area contributed by atoms with Gasteiger partial charge in [0.1, 0.15) is 0 Å². The highest BCUT2D eigenvalue weighted by Crippen LogP contribution is 2.22. The first kappa shape index (κ1) is 16.1. The van der Waals surface area contributed by atoms with Crippen LogP contribution in [0.15, 0.2) is 21.9 Å². The van der Waals surface area contributed by atoms with Crippen molar-refractivity contribution in [1.82, 2.24) is 0 Å². The summed E-state index contributed by atoms with van der Waals surface area (Å²) in [6.45, 7) is 4.42. The van der Waals surface area contributed by atoms with Crippen LogP contribution in [0, 0.1) is 0 Å². The summed E-state index contributed by atoms with van der Waals surface area (Å²) in [5.74, 6) is 3.80. The number of hydrogen-bond acceptors (Lipinski definition) is 2. The van der Waals surface area contributed by atoms with Crippen molar-refractivity contribution >= 4 is 23.5 Å². The Kier molecular flexibility index (Phi) is 9.70. The predicted molar refractivity (Wildman–Crippen MR) is 87.5 cm³/mol. The van der Waals surface area contributed by atoms with Gasteiger partial charge in [-0.25, -0.2) is 0 Å². The Morgan fingerprint density at radius 3 is 2.61 bits per heavy atom. The molecule has 0 aliphatic heterocycles. The summed E-state index contributed by atoms with van der Waals surface area (Å²) in [6, 6.07) is 0. The van der Waals surface area contributed by atoms with Crippen LogP contribution in [0.25, 0.3) is 0 Å². The highest BCUT2D eigenvalue weighted by molar-refractivity contribution is 8.05. The van der Waals surface area contributed by atoms with Crippen molar-refractivity contribution in [3.05, 3.63) is 21.9 Å². The third kappa shape index (κ3) is 8.16. The summed E-state index contributed by atoms with van der Waals surface area (Å²) in [4.78, 5) is 1.30. The second-order valence-corrected chi connectivity index (χ2v) is 7.32. The zero-order chi connectivity index (χ0) is 13.1. The van der Waals surface area contributed by atoms with Gasteiger partial charge >= 0.3 is 0 Å². The molecule has 0 heterocycles. The molecule has 0 N–H and O–H groups in total. The van der Waals surface area contributed by atoms with E-state index in [-0.39, 0.29) is 0 Å². The zero-order valence-electron chi connectivity index (χ0n) is 11.9. The summed E-state index contributed by atoms with van der Waals surface area (Å²) in [5.41, 5.74) is 8.21. The highest BCUT2D eigenvalue weighted by Gasteiger charge is 2.03. The van der Waals surface area contributed by atoms with Crippen molar-refractivity contribution in [3.63, 3.8) is 0 Å². The highest BCUT2D eigenvalue weighted by atomic mass is 32.2. The van der Waals surface area contributed by atoms with Gasteiger partial charge in [0.05, 0.1) is 0 Å². The molecule has 0 unspecified atom stereocenters. The second kappa shape index (κ2) is 10.9. The molecule has 0 radical (unpaired) electrons. The molecule has 0 aromatic heterocycles. The fourth-order valence-corrected chi connectivity index (χ4v) is 3.85. The van der Waals surface area contributed by atoms with Crippen molar-refractivity contribution < 1.29 is 0 Å². The summed E-state index contributed by atoms with van der Waals surface area (Å²) >= 11 is 4.01. The maximum Gasteiger partial charge on any atom is 0.0319 e. The second-order valence-electron chi connectivity index (χ2n) is 4.78. The van der Waals surface area contributed by atoms with Crippen LogP contribution in [0.4, 0.5) is 0 Å². The molecule has 1 aliphatic rings. The smallest absolute Gasteiger partial charge is 0.0319 e. The lowest BCUT2D eigenvalue weighted by Crippen LogP contribution is -1.91. The third-order valence-corrected chi connectivity index (χ3v) is 5.33. The van der Waals surface area contributed by atoms with E-state index in [1.807, 2.05) is 11.8 Å². The maximum atomic E-state index is 3.38. The number of rotatable bonds is 7. The molecule has 18 heavy (non-hydrogen) atoms. The molecule has 0 spiro atoms. The average molecular weight is 283 g/mol. The predicted octanol–water partition coefficient (Wildman–Crippen LogP) is 5.80. The van der Waals surface area contributed by atoms with Crippen LogP contribution in [0.2, 0.25) is 0 Å². The van der Waals surface area contributed by atoms with Gasteiger partial charge in [0.25, 0.3) is 0 Å². The van der Waals surface area contributed by atoms with Crippen molar-refractivity contribution in [1.29, 1.82) is 0 Å². The minimum absolute atomic E-state index is 1.21. The Bertz CT molecular complexity index is 310. The number of hydrogen-bond donors (Lipinski definition) is 0. The number of allylic oxidation sites excluding steroid dienone is 2. The van der Waals surface area contributed by atoms with Crippen molar-refractivity contribution in [3.8, 4) is 0 Å². The lowest BCUT2D eigenvalue weighted by Gasteiger charge is -2.09. The Morgan fingerprint density at radius 2 is 1.89 bits per heavy atom. The van der Waals surface area contributed by atoms with Gasteiger partial charge in [0, 0.05) is 16.4 Å². The Hall–Kier alpha value is -0.0000000000000000278. The third-order valence-electron chi connectivity index (χ3n) is 3.06. The summed E-state index contributed by atoms with van der Waals surface area (Å²) in [6.07, 6.45) is 9.27. The average Bonchev–Trinajstić information content (AvgIpc) is 2.41. The van der Waals surface area contributed by atoms with E-state index in [0.29, 0.717) is 0 Å². The van der Waals surface area contributed by atoms with E-state index in [4.69, 9.17) is 0 Å². The molecule has 102 valence electrons.